The van der Waals surface area contributed by atoms with Crippen LogP contribution >= 0.6 is 0 Å². The smallest absolute Gasteiger partial charge is 0.372 e. The summed E-state index contributed by atoms with van der Waals surface area (Å²) in [6.07, 6.45) is -3.88. The molecule has 0 amide bonds. The molecule has 0 bridgehead atoms. The first kappa shape index (κ1) is 10.7. The summed E-state index contributed by atoms with van der Waals surface area (Å²) < 4.78 is 38.4. The first-order chi connectivity index (χ1) is 5.06. The van der Waals surface area contributed by atoms with Gasteiger partial charge in [0.1, 0.15) is 6.61 Å². The monoisotopic (exact) mass is 173 g/mol. The van der Waals surface area contributed by atoms with E-state index in [0.29, 0.717) is 6.42 Å². The second kappa shape index (κ2) is 5.34. The Morgan fingerprint density at radius 1 is 1.18 bits per heavy atom. The van der Waals surface area contributed by atoms with Crippen LogP contribution in [0.1, 0.15) is 6.42 Å². The van der Waals surface area contributed by atoms with Gasteiger partial charge in [0.05, 0.1) is 6.61 Å². The van der Waals surface area contributed by atoms with Crippen LogP contribution in [-0.2, 0) is 9.57 Å². The van der Waals surface area contributed by atoms with Crippen molar-refractivity contribution in [1.29, 1.82) is 0 Å². The lowest BCUT2D eigenvalue weighted by Gasteiger charge is -2.06. The fourth-order valence-electron chi connectivity index (χ4n) is 0.432. The summed E-state index contributed by atoms with van der Waals surface area (Å²) >= 11 is 0. The molecular weight excluding hydrogens is 163 g/mol. The molecule has 0 radical (unpaired) electrons. The third kappa shape index (κ3) is 9.67. The zero-order valence-corrected chi connectivity index (χ0v) is 5.86. The second-order valence-corrected chi connectivity index (χ2v) is 1.89. The van der Waals surface area contributed by atoms with E-state index in [0.717, 1.165) is 0 Å². The summed E-state index contributed by atoms with van der Waals surface area (Å²) in [7, 11) is 0. The lowest BCUT2D eigenvalue weighted by atomic mass is 10.5. The number of nitrogens with two attached hydrogens (primary N) is 1. The van der Waals surface area contributed by atoms with E-state index in [1.54, 1.807) is 0 Å². The Morgan fingerprint density at radius 2 is 1.82 bits per heavy atom. The van der Waals surface area contributed by atoms with E-state index in [1.165, 1.54) is 0 Å². The lowest BCUT2D eigenvalue weighted by Crippen LogP contribution is -2.18. The highest BCUT2D eigenvalue weighted by molar-refractivity contribution is 4.45. The molecule has 0 saturated carbocycles. The van der Waals surface area contributed by atoms with Crippen LogP contribution < -0.4 is 5.90 Å². The molecule has 0 atom stereocenters. The molecule has 0 rings (SSSR count). The van der Waals surface area contributed by atoms with E-state index in [4.69, 9.17) is 0 Å². The molecular formula is C5H10F3NO2. The average molecular weight is 173 g/mol. The Balaban J connectivity index is 3.02. The number of hydrogen-bond acceptors (Lipinski definition) is 3. The van der Waals surface area contributed by atoms with Gasteiger partial charge in [0.2, 0.25) is 0 Å². The molecule has 0 saturated heterocycles. The second-order valence-electron chi connectivity index (χ2n) is 1.89. The highest BCUT2D eigenvalue weighted by atomic mass is 19.4. The summed E-state index contributed by atoms with van der Waals surface area (Å²) in [4.78, 5) is 4.11. The van der Waals surface area contributed by atoms with Gasteiger partial charge in [-0.1, -0.05) is 0 Å². The summed E-state index contributed by atoms with van der Waals surface area (Å²) in [6.45, 7) is -0.994. The summed E-state index contributed by atoms with van der Waals surface area (Å²) in [6, 6.07) is 0. The van der Waals surface area contributed by atoms with Gasteiger partial charge in [0.25, 0.3) is 0 Å². The summed E-state index contributed by atoms with van der Waals surface area (Å²) in [5, 5.41) is 0. The van der Waals surface area contributed by atoms with Crippen LogP contribution in [0.3, 0.4) is 0 Å². The molecule has 0 fully saturated rings. The van der Waals surface area contributed by atoms with Crippen molar-refractivity contribution >= 4 is 0 Å². The van der Waals surface area contributed by atoms with Crippen molar-refractivity contribution < 1.29 is 22.7 Å². The molecule has 0 aromatic carbocycles. The SMILES string of the molecule is NOCCCOCC(F)(F)F. The van der Waals surface area contributed by atoms with Crippen LogP contribution in [0.2, 0.25) is 0 Å². The number of ether oxygens (including phenoxy) is 1. The van der Waals surface area contributed by atoms with Crippen LogP contribution in [-0.4, -0.2) is 26.0 Å². The predicted molar refractivity (Wildman–Crippen MR) is 31.6 cm³/mol. The van der Waals surface area contributed by atoms with Crippen molar-refractivity contribution in [2.24, 2.45) is 5.90 Å². The fourth-order valence-corrected chi connectivity index (χ4v) is 0.432. The van der Waals surface area contributed by atoms with Gasteiger partial charge >= 0.3 is 6.18 Å². The third-order valence-corrected chi connectivity index (χ3v) is 0.817. The van der Waals surface area contributed by atoms with Crippen molar-refractivity contribution in [3.8, 4) is 0 Å². The quantitative estimate of drug-likeness (QED) is 0.495. The molecule has 2 N–H and O–H groups in total. The molecule has 3 nitrogen and oxygen atoms in total. The van der Waals surface area contributed by atoms with Gasteiger partial charge in [0, 0.05) is 6.61 Å². The van der Waals surface area contributed by atoms with Crippen molar-refractivity contribution in [2.75, 3.05) is 19.8 Å². The van der Waals surface area contributed by atoms with Crippen LogP contribution in [0.25, 0.3) is 0 Å². The maximum absolute atomic E-state index is 11.4. The van der Waals surface area contributed by atoms with E-state index < -0.39 is 12.8 Å². The molecule has 0 aromatic rings. The lowest BCUT2D eigenvalue weighted by molar-refractivity contribution is -0.174. The normalized spacial score (nSPS) is 12.0. The number of rotatable bonds is 5. The van der Waals surface area contributed by atoms with Crippen LogP contribution in [0.4, 0.5) is 13.2 Å². The molecule has 0 spiro atoms. The molecule has 68 valence electrons. The van der Waals surface area contributed by atoms with E-state index in [-0.39, 0.29) is 13.2 Å². The number of halogens is 3. The maximum atomic E-state index is 11.4. The van der Waals surface area contributed by atoms with Crippen molar-refractivity contribution in [3.63, 3.8) is 0 Å². The van der Waals surface area contributed by atoms with Crippen molar-refractivity contribution in [1.82, 2.24) is 0 Å². The molecule has 0 aliphatic heterocycles. The summed E-state index contributed by atoms with van der Waals surface area (Å²) in [5.74, 6) is 4.62. The predicted octanol–water partition coefficient (Wildman–Crippen LogP) is 0.846. The van der Waals surface area contributed by atoms with E-state index in [1.807, 2.05) is 0 Å². The van der Waals surface area contributed by atoms with Crippen LogP contribution in [0, 0.1) is 0 Å². The minimum absolute atomic E-state index is 0.0106. The molecule has 0 aromatic heterocycles. The Bertz CT molecular complexity index is 96.2. The fraction of sp³-hybridized carbons (Fsp3) is 1.00. The van der Waals surface area contributed by atoms with Gasteiger partial charge in [-0.05, 0) is 6.42 Å². The molecule has 0 unspecified atom stereocenters. The summed E-state index contributed by atoms with van der Waals surface area (Å²) in [5.41, 5.74) is 0. The van der Waals surface area contributed by atoms with Gasteiger partial charge in [-0.3, -0.25) is 0 Å². The van der Waals surface area contributed by atoms with Crippen LogP contribution in [0.15, 0.2) is 0 Å². The van der Waals surface area contributed by atoms with Crippen LogP contribution in [0.5, 0.6) is 0 Å². The Kier molecular flexibility index (Phi) is 5.18. The number of hydrogen-bond donors (Lipinski definition) is 1. The van der Waals surface area contributed by atoms with Gasteiger partial charge in [-0.2, -0.15) is 13.2 Å². The van der Waals surface area contributed by atoms with E-state index in [2.05, 4.69) is 15.5 Å². The highest BCUT2D eigenvalue weighted by Gasteiger charge is 2.26. The molecule has 6 heteroatoms. The van der Waals surface area contributed by atoms with E-state index in [9.17, 15) is 13.2 Å². The largest absolute Gasteiger partial charge is 0.411 e. The molecule has 0 heterocycles. The average Bonchev–Trinajstić information content (AvgIpc) is 1.85. The Hall–Kier alpha value is -0.330. The topological polar surface area (TPSA) is 44.5 Å². The van der Waals surface area contributed by atoms with Crippen molar-refractivity contribution in [2.45, 2.75) is 12.6 Å². The first-order valence-corrected chi connectivity index (χ1v) is 3.02. The van der Waals surface area contributed by atoms with Gasteiger partial charge in [-0.25, -0.2) is 5.90 Å². The van der Waals surface area contributed by atoms with E-state index >= 15 is 0 Å². The Morgan fingerprint density at radius 3 is 2.27 bits per heavy atom. The zero-order chi connectivity index (χ0) is 8.74. The molecule has 11 heavy (non-hydrogen) atoms. The van der Waals surface area contributed by atoms with Gasteiger partial charge in [-0.15, -0.1) is 0 Å². The Labute approximate surface area is 62.2 Å². The standard InChI is InChI=1S/C5H10F3NO2/c6-5(7,8)4-10-2-1-3-11-9/h1-4,9H2. The minimum Gasteiger partial charge on any atom is -0.372 e. The zero-order valence-electron chi connectivity index (χ0n) is 5.86. The van der Waals surface area contributed by atoms with Gasteiger partial charge in [0.15, 0.2) is 0 Å². The van der Waals surface area contributed by atoms with Gasteiger partial charge < -0.3 is 9.57 Å². The third-order valence-electron chi connectivity index (χ3n) is 0.817. The maximum Gasteiger partial charge on any atom is 0.411 e. The molecule has 0 aliphatic carbocycles. The first-order valence-electron chi connectivity index (χ1n) is 3.02. The molecule has 0 aliphatic rings. The minimum atomic E-state index is -4.25. The van der Waals surface area contributed by atoms with Crippen molar-refractivity contribution in [3.05, 3.63) is 0 Å². The highest BCUT2D eigenvalue weighted by Crippen LogP contribution is 2.14. The number of alkyl halides is 3.